The fraction of sp³-hybridized carbons (Fsp3) is 0.500. The van der Waals surface area contributed by atoms with Gasteiger partial charge in [0.25, 0.3) is 0 Å². The van der Waals surface area contributed by atoms with Crippen LogP contribution in [0, 0.1) is 0 Å². The summed E-state index contributed by atoms with van der Waals surface area (Å²) in [6.07, 6.45) is -10.2. The van der Waals surface area contributed by atoms with Gasteiger partial charge in [0.2, 0.25) is 0 Å². The Kier molecular flexibility index (Phi) is 11.5. The first-order valence-electron chi connectivity index (χ1n) is 2.49. The molecule has 8 N–H and O–H groups in total. The summed E-state index contributed by atoms with van der Waals surface area (Å²) < 4.78 is 63.5. The van der Waals surface area contributed by atoms with E-state index in [1.807, 2.05) is 0 Å². The number of rotatable bonds is 0. The van der Waals surface area contributed by atoms with Crippen molar-refractivity contribution < 1.29 is 46.1 Å². The Morgan fingerprint density at radius 1 is 0.688 bits per heavy atom. The van der Waals surface area contributed by atoms with Crippen LogP contribution >= 0.6 is 0 Å². The summed E-state index contributed by atoms with van der Waals surface area (Å²) in [6.45, 7) is 0. The van der Waals surface area contributed by atoms with Crippen LogP contribution in [-0.2, 0) is 9.59 Å². The van der Waals surface area contributed by atoms with Gasteiger partial charge in [-0.25, -0.2) is 9.59 Å². The van der Waals surface area contributed by atoms with Crippen molar-refractivity contribution in [1.29, 1.82) is 0 Å². The van der Waals surface area contributed by atoms with Gasteiger partial charge in [-0.1, -0.05) is 0 Å². The van der Waals surface area contributed by atoms with E-state index in [0.29, 0.717) is 0 Å². The molecule has 0 aliphatic rings. The highest BCUT2D eigenvalue weighted by atomic mass is 19.4. The predicted octanol–water partition coefficient (Wildman–Crippen LogP) is 1.59. The Bertz CT molecular complexity index is 200. The fourth-order valence-electron chi connectivity index (χ4n) is 0. The van der Waals surface area contributed by atoms with E-state index in [2.05, 4.69) is 0 Å². The molecule has 0 aromatic carbocycles. The Balaban J connectivity index is -0.0000000800. The van der Waals surface area contributed by atoms with Gasteiger partial charge in [-0.05, 0) is 0 Å². The zero-order chi connectivity index (χ0) is 12.2. The molecule has 16 heavy (non-hydrogen) atoms. The number of hydrogen-bond acceptors (Lipinski definition) is 4. The SMILES string of the molecule is N.N.O=C(O)C(F)(F)F.O=C(O)C(F)(F)F. The predicted molar refractivity (Wildman–Crippen MR) is 37.4 cm³/mol. The molecule has 0 spiro atoms. The second-order valence-corrected chi connectivity index (χ2v) is 1.61. The average molecular weight is 262 g/mol. The lowest BCUT2D eigenvalue weighted by Crippen LogP contribution is -2.21. The van der Waals surface area contributed by atoms with Crippen molar-refractivity contribution in [1.82, 2.24) is 12.3 Å². The topological polar surface area (TPSA) is 145 Å². The Labute approximate surface area is 84.0 Å². The highest BCUT2D eigenvalue weighted by molar-refractivity contribution is 5.73. The summed E-state index contributed by atoms with van der Waals surface area (Å²) in [6, 6.07) is 0. The number of carbonyl (C=O) groups is 2. The van der Waals surface area contributed by atoms with E-state index in [0.717, 1.165) is 0 Å². The Morgan fingerprint density at radius 2 is 0.750 bits per heavy atom. The van der Waals surface area contributed by atoms with E-state index in [4.69, 9.17) is 19.8 Å². The van der Waals surface area contributed by atoms with Crippen LogP contribution in [-0.4, -0.2) is 34.5 Å². The number of alkyl halides is 6. The third kappa shape index (κ3) is 14.9. The quantitative estimate of drug-likeness (QED) is 0.487. The van der Waals surface area contributed by atoms with Gasteiger partial charge < -0.3 is 22.5 Å². The van der Waals surface area contributed by atoms with Crippen LogP contribution in [0.15, 0.2) is 0 Å². The van der Waals surface area contributed by atoms with Crippen molar-refractivity contribution in [2.75, 3.05) is 0 Å². The van der Waals surface area contributed by atoms with Crippen LogP contribution in [0.2, 0.25) is 0 Å². The van der Waals surface area contributed by atoms with Crippen molar-refractivity contribution >= 4 is 11.9 Å². The standard InChI is InChI=1S/2C2HF3O2.2H3N/c2*3-2(4,5)1(6)7;;/h2*(H,6,7);2*1H3. The molecular weight excluding hydrogens is 254 g/mol. The zero-order valence-electron chi connectivity index (χ0n) is 7.39. The molecule has 0 atom stereocenters. The Morgan fingerprint density at radius 3 is 0.750 bits per heavy atom. The van der Waals surface area contributed by atoms with E-state index < -0.39 is 24.3 Å². The fourth-order valence-corrected chi connectivity index (χ4v) is 0. The van der Waals surface area contributed by atoms with Crippen molar-refractivity contribution in [3.63, 3.8) is 0 Å². The van der Waals surface area contributed by atoms with Crippen molar-refractivity contribution in [2.24, 2.45) is 0 Å². The summed E-state index contributed by atoms with van der Waals surface area (Å²) in [7, 11) is 0. The third-order valence-corrected chi connectivity index (χ3v) is 0.485. The number of aliphatic carboxylic acids is 2. The molecular formula is C4H8F6N2O4. The van der Waals surface area contributed by atoms with Gasteiger partial charge in [0.15, 0.2) is 0 Å². The molecule has 0 aliphatic carbocycles. The molecule has 0 heterocycles. The normalized spacial score (nSPS) is 9.88. The number of hydrogen-bond donors (Lipinski definition) is 4. The van der Waals surface area contributed by atoms with E-state index in [1.165, 1.54) is 0 Å². The molecule has 6 nitrogen and oxygen atoms in total. The minimum absolute atomic E-state index is 0. The molecule has 0 aromatic rings. The van der Waals surface area contributed by atoms with Crippen LogP contribution < -0.4 is 12.3 Å². The summed E-state index contributed by atoms with van der Waals surface area (Å²) in [5, 5.41) is 14.2. The molecule has 0 aromatic heterocycles. The summed E-state index contributed by atoms with van der Waals surface area (Å²) in [5.74, 6) is -5.51. The summed E-state index contributed by atoms with van der Waals surface area (Å²) in [5.41, 5.74) is 0. The van der Waals surface area contributed by atoms with Crippen molar-refractivity contribution in [2.45, 2.75) is 12.4 Å². The van der Waals surface area contributed by atoms with Crippen molar-refractivity contribution in [3.05, 3.63) is 0 Å². The van der Waals surface area contributed by atoms with Crippen LogP contribution in [0.3, 0.4) is 0 Å². The first-order valence-corrected chi connectivity index (χ1v) is 2.49. The number of carboxylic acid groups (broad SMARTS) is 2. The van der Waals surface area contributed by atoms with E-state index in [1.54, 1.807) is 0 Å². The third-order valence-electron chi connectivity index (χ3n) is 0.485. The molecule has 0 rings (SSSR count). The van der Waals surface area contributed by atoms with Gasteiger partial charge in [-0.15, -0.1) is 0 Å². The van der Waals surface area contributed by atoms with Gasteiger partial charge >= 0.3 is 24.3 Å². The van der Waals surface area contributed by atoms with Gasteiger partial charge in [0.1, 0.15) is 0 Å². The Hall–Kier alpha value is -1.56. The van der Waals surface area contributed by atoms with E-state index in [9.17, 15) is 26.3 Å². The zero-order valence-corrected chi connectivity index (χ0v) is 7.39. The minimum atomic E-state index is -5.08. The first-order chi connectivity index (χ1) is 5.89. The molecule has 12 heteroatoms. The van der Waals surface area contributed by atoms with Crippen LogP contribution in [0.5, 0.6) is 0 Å². The number of carboxylic acids is 2. The second-order valence-electron chi connectivity index (χ2n) is 1.61. The largest absolute Gasteiger partial charge is 0.490 e. The average Bonchev–Trinajstić information content (AvgIpc) is 1.83. The maximum atomic E-state index is 10.6. The monoisotopic (exact) mass is 262 g/mol. The molecule has 0 amide bonds. The first kappa shape index (κ1) is 23.9. The highest BCUT2D eigenvalue weighted by Gasteiger charge is 2.38. The molecule has 0 saturated heterocycles. The molecule has 0 saturated carbocycles. The van der Waals surface area contributed by atoms with Crippen LogP contribution in [0.4, 0.5) is 26.3 Å². The van der Waals surface area contributed by atoms with Gasteiger partial charge in [-0.3, -0.25) is 0 Å². The molecule has 0 bridgehead atoms. The lowest BCUT2D eigenvalue weighted by atomic mass is 10.7. The van der Waals surface area contributed by atoms with Gasteiger partial charge in [0.05, 0.1) is 0 Å². The van der Waals surface area contributed by atoms with Gasteiger partial charge in [-0.2, -0.15) is 26.3 Å². The van der Waals surface area contributed by atoms with Crippen LogP contribution in [0.1, 0.15) is 0 Å². The maximum absolute atomic E-state index is 10.6. The van der Waals surface area contributed by atoms with E-state index >= 15 is 0 Å². The highest BCUT2D eigenvalue weighted by Crippen LogP contribution is 2.13. The summed E-state index contributed by atoms with van der Waals surface area (Å²) in [4.78, 5) is 17.8. The van der Waals surface area contributed by atoms with Crippen molar-refractivity contribution in [3.8, 4) is 0 Å². The van der Waals surface area contributed by atoms with E-state index in [-0.39, 0.29) is 12.3 Å². The lowest BCUT2D eigenvalue weighted by molar-refractivity contribution is -0.193. The maximum Gasteiger partial charge on any atom is 0.490 e. The molecule has 0 radical (unpaired) electrons. The molecule has 100 valence electrons. The number of halogens is 6. The molecule has 0 aliphatic heterocycles. The smallest absolute Gasteiger partial charge is 0.475 e. The van der Waals surface area contributed by atoms with Crippen LogP contribution in [0.25, 0.3) is 0 Å². The summed E-state index contributed by atoms with van der Waals surface area (Å²) >= 11 is 0. The van der Waals surface area contributed by atoms with Gasteiger partial charge in [0, 0.05) is 0 Å². The molecule has 0 unspecified atom stereocenters. The second kappa shape index (κ2) is 7.70. The molecule has 0 fully saturated rings. The minimum Gasteiger partial charge on any atom is -0.475 e. The lowest BCUT2D eigenvalue weighted by Gasteiger charge is -1.93.